The molecular formula is C18H17FO2. The van der Waals surface area contributed by atoms with E-state index >= 15 is 0 Å². The van der Waals surface area contributed by atoms with Crippen LogP contribution < -0.4 is 4.74 Å². The van der Waals surface area contributed by atoms with Gasteiger partial charge in [0.1, 0.15) is 17.7 Å². The predicted octanol–water partition coefficient (Wildman–Crippen LogP) is 4.35. The summed E-state index contributed by atoms with van der Waals surface area (Å²) in [5.41, 5.74) is 1.59. The Morgan fingerprint density at radius 3 is 2.76 bits per heavy atom. The zero-order valence-corrected chi connectivity index (χ0v) is 11.9. The molecule has 0 aliphatic carbocycles. The monoisotopic (exact) mass is 284 g/mol. The third-order valence-electron chi connectivity index (χ3n) is 3.93. The molecule has 0 spiro atoms. The number of ketones is 1. The Morgan fingerprint density at radius 1 is 1.24 bits per heavy atom. The maximum absolute atomic E-state index is 13.2. The van der Waals surface area contributed by atoms with Gasteiger partial charge < -0.3 is 4.74 Å². The Kier molecular flexibility index (Phi) is 3.74. The third-order valence-corrected chi connectivity index (χ3v) is 3.93. The predicted molar refractivity (Wildman–Crippen MR) is 79.2 cm³/mol. The molecule has 108 valence electrons. The van der Waals surface area contributed by atoms with Gasteiger partial charge in [-0.2, -0.15) is 0 Å². The number of carbonyl (C=O) groups excluding carboxylic acids is 1. The van der Waals surface area contributed by atoms with Crippen molar-refractivity contribution in [3.63, 3.8) is 0 Å². The van der Waals surface area contributed by atoms with Crippen molar-refractivity contribution in [1.82, 2.24) is 0 Å². The molecule has 1 aliphatic heterocycles. The van der Waals surface area contributed by atoms with Crippen LogP contribution in [0.5, 0.6) is 5.75 Å². The SMILES string of the molecule is CC(CC1CC(=O)c2cc(F)ccc2O1)c1ccccc1. The van der Waals surface area contributed by atoms with Gasteiger partial charge in [0.05, 0.1) is 5.56 Å². The lowest BCUT2D eigenvalue weighted by Gasteiger charge is -2.27. The lowest BCUT2D eigenvalue weighted by molar-refractivity contribution is 0.0829. The fraction of sp³-hybridized carbons (Fsp3) is 0.278. The first-order valence-electron chi connectivity index (χ1n) is 7.18. The number of Topliss-reactive ketones (excluding diaryl/α,β-unsaturated/α-hetero) is 1. The molecule has 0 saturated heterocycles. The molecule has 3 rings (SSSR count). The van der Waals surface area contributed by atoms with E-state index in [9.17, 15) is 9.18 Å². The summed E-state index contributed by atoms with van der Waals surface area (Å²) in [4.78, 5) is 12.1. The lowest BCUT2D eigenvalue weighted by Crippen LogP contribution is -2.28. The van der Waals surface area contributed by atoms with Crippen LogP contribution in [0.25, 0.3) is 0 Å². The number of fused-ring (bicyclic) bond motifs is 1. The summed E-state index contributed by atoms with van der Waals surface area (Å²) in [5.74, 6) is 0.367. The molecule has 21 heavy (non-hydrogen) atoms. The first-order valence-corrected chi connectivity index (χ1v) is 7.18. The van der Waals surface area contributed by atoms with Gasteiger partial charge in [0.15, 0.2) is 5.78 Å². The number of hydrogen-bond acceptors (Lipinski definition) is 2. The van der Waals surface area contributed by atoms with Crippen molar-refractivity contribution in [2.75, 3.05) is 0 Å². The fourth-order valence-electron chi connectivity index (χ4n) is 2.80. The van der Waals surface area contributed by atoms with E-state index in [1.807, 2.05) is 18.2 Å². The summed E-state index contributed by atoms with van der Waals surface area (Å²) in [5, 5.41) is 0. The van der Waals surface area contributed by atoms with Crippen LogP contribution in [0, 0.1) is 5.82 Å². The zero-order valence-electron chi connectivity index (χ0n) is 11.9. The van der Waals surface area contributed by atoms with Gasteiger partial charge in [-0.3, -0.25) is 4.79 Å². The van der Waals surface area contributed by atoms with Gasteiger partial charge in [-0.05, 0) is 36.1 Å². The van der Waals surface area contributed by atoms with Crippen molar-refractivity contribution < 1.29 is 13.9 Å². The molecule has 0 aromatic heterocycles. The van der Waals surface area contributed by atoms with Gasteiger partial charge in [-0.25, -0.2) is 4.39 Å². The van der Waals surface area contributed by atoms with Crippen LogP contribution in [0.1, 0.15) is 41.6 Å². The molecule has 3 heteroatoms. The minimum atomic E-state index is -0.401. The van der Waals surface area contributed by atoms with E-state index in [-0.39, 0.29) is 11.9 Å². The van der Waals surface area contributed by atoms with Gasteiger partial charge in [-0.15, -0.1) is 0 Å². The summed E-state index contributed by atoms with van der Waals surface area (Å²) in [6.45, 7) is 2.13. The highest BCUT2D eigenvalue weighted by molar-refractivity contribution is 5.99. The summed E-state index contributed by atoms with van der Waals surface area (Å²) in [6.07, 6.45) is 0.936. The first-order chi connectivity index (χ1) is 10.1. The smallest absolute Gasteiger partial charge is 0.170 e. The third kappa shape index (κ3) is 2.97. The van der Waals surface area contributed by atoms with Gasteiger partial charge in [-0.1, -0.05) is 37.3 Å². The Labute approximate surface area is 123 Å². The van der Waals surface area contributed by atoms with Crippen molar-refractivity contribution in [2.24, 2.45) is 0 Å². The largest absolute Gasteiger partial charge is 0.489 e. The summed E-state index contributed by atoms with van der Waals surface area (Å²) >= 11 is 0. The molecule has 0 fully saturated rings. The van der Waals surface area contributed by atoms with E-state index in [1.54, 1.807) is 6.07 Å². The zero-order chi connectivity index (χ0) is 14.8. The molecule has 1 heterocycles. The minimum absolute atomic E-state index is 0.0407. The van der Waals surface area contributed by atoms with Gasteiger partial charge in [0.25, 0.3) is 0 Å². The maximum atomic E-state index is 13.2. The standard InChI is InChI=1S/C18H17FO2/c1-12(13-5-3-2-4-6-13)9-15-11-17(20)16-10-14(19)7-8-18(16)21-15/h2-8,10,12,15H,9,11H2,1H3. The fourth-order valence-corrected chi connectivity index (χ4v) is 2.80. The molecule has 0 bridgehead atoms. The van der Waals surface area contributed by atoms with Crippen LogP contribution in [-0.4, -0.2) is 11.9 Å². The number of hydrogen-bond donors (Lipinski definition) is 0. The lowest BCUT2D eigenvalue weighted by atomic mass is 9.90. The number of rotatable bonds is 3. The normalized spacial score (nSPS) is 18.8. The van der Waals surface area contributed by atoms with E-state index in [0.717, 1.165) is 6.42 Å². The molecule has 0 radical (unpaired) electrons. The average Bonchev–Trinajstić information content (AvgIpc) is 2.49. The Morgan fingerprint density at radius 2 is 2.00 bits per heavy atom. The molecule has 0 N–H and O–H groups in total. The average molecular weight is 284 g/mol. The molecule has 2 aromatic carbocycles. The van der Waals surface area contributed by atoms with Gasteiger partial charge >= 0.3 is 0 Å². The Bertz CT molecular complexity index is 652. The van der Waals surface area contributed by atoms with Gasteiger partial charge in [0, 0.05) is 6.42 Å². The second kappa shape index (κ2) is 5.68. The summed E-state index contributed by atoms with van der Waals surface area (Å²) < 4.78 is 19.1. The summed E-state index contributed by atoms with van der Waals surface area (Å²) in [6, 6.07) is 14.3. The minimum Gasteiger partial charge on any atom is -0.489 e. The Hall–Kier alpha value is -2.16. The maximum Gasteiger partial charge on any atom is 0.170 e. The number of halogens is 1. The highest BCUT2D eigenvalue weighted by atomic mass is 19.1. The molecule has 0 saturated carbocycles. The molecular weight excluding hydrogens is 267 g/mol. The van der Waals surface area contributed by atoms with E-state index in [2.05, 4.69) is 19.1 Å². The van der Waals surface area contributed by atoms with Crippen molar-refractivity contribution in [1.29, 1.82) is 0 Å². The number of ether oxygens (including phenoxy) is 1. The molecule has 2 unspecified atom stereocenters. The highest BCUT2D eigenvalue weighted by Gasteiger charge is 2.28. The molecule has 0 amide bonds. The number of benzene rings is 2. The van der Waals surface area contributed by atoms with Crippen LogP contribution in [-0.2, 0) is 0 Å². The van der Waals surface area contributed by atoms with E-state index < -0.39 is 5.82 Å². The van der Waals surface area contributed by atoms with E-state index in [0.29, 0.717) is 23.7 Å². The van der Waals surface area contributed by atoms with Crippen molar-refractivity contribution >= 4 is 5.78 Å². The molecule has 2 nitrogen and oxygen atoms in total. The van der Waals surface area contributed by atoms with Crippen molar-refractivity contribution in [2.45, 2.75) is 31.8 Å². The van der Waals surface area contributed by atoms with E-state index in [1.165, 1.54) is 17.7 Å². The van der Waals surface area contributed by atoms with Crippen LogP contribution in [0.3, 0.4) is 0 Å². The van der Waals surface area contributed by atoms with Crippen LogP contribution in [0.4, 0.5) is 4.39 Å². The van der Waals surface area contributed by atoms with Crippen LogP contribution in [0.15, 0.2) is 48.5 Å². The molecule has 2 aromatic rings. The highest BCUT2D eigenvalue weighted by Crippen LogP contribution is 2.32. The molecule has 1 aliphatic rings. The quantitative estimate of drug-likeness (QED) is 0.837. The summed E-state index contributed by atoms with van der Waals surface area (Å²) in [7, 11) is 0. The second-order valence-electron chi connectivity index (χ2n) is 5.56. The number of carbonyl (C=O) groups is 1. The first kappa shape index (κ1) is 13.8. The molecule has 2 atom stereocenters. The second-order valence-corrected chi connectivity index (χ2v) is 5.56. The van der Waals surface area contributed by atoms with Crippen molar-refractivity contribution in [3.05, 3.63) is 65.5 Å². The Balaban J connectivity index is 1.74. The van der Waals surface area contributed by atoms with Crippen LogP contribution in [0.2, 0.25) is 0 Å². The topological polar surface area (TPSA) is 26.3 Å². The van der Waals surface area contributed by atoms with Crippen LogP contribution >= 0.6 is 0 Å². The van der Waals surface area contributed by atoms with E-state index in [4.69, 9.17) is 4.74 Å². The van der Waals surface area contributed by atoms with Gasteiger partial charge in [0.2, 0.25) is 0 Å². The van der Waals surface area contributed by atoms with Crippen molar-refractivity contribution in [3.8, 4) is 5.75 Å².